The molecular formula is C16H23N3O2. The van der Waals surface area contributed by atoms with Gasteiger partial charge in [-0.1, -0.05) is 30.3 Å². The van der Waals surface area contributed by atoms with Crippen LogP contribution in [0.1, 0.15) is 12.0 Å². The van der Waals surface area contributed by atoms with Crippen molar-refractivity contribution in [1.29, 1.82) is 0 Å². The van der Waals surface area contributed by atoms with Gasteiger partial charge in [-0.15, -0.1) is 0 Å². The fourth-order valence-electron chi connectivity index (χ4n) is 2.60. The fraction of sp³-hybridized carbons (Fsp3) is 0.500. The lowest BCUT2D eigenvalue weighted by Crippen LogP contribution is -2.58. The van der Waals surface area contributed by atoms with Gasteiger partial charge < -0.3 is 10.2 Å². The normalized spacial score (nSPS) is 19.3. The molecule has 1 aliphatic rings. The van der Waals surface area contributed by atoms with Crippen LogP contribution in [0.5, 0.6) is 0 Å². The van der Waals surface area contributed by atoms with Gasteiger partial charge in [0.05, 0.1) is 0 Å². The van der Waals surface area contributed by atoms with E-state index in [0.717, 1.165) is 13.0 Å². The molecule has 0 bridgehead atoms. The van der Waals surface area contributed by atoms with Crippen molar-refractivity contribution in [2.24, 2.45) is 0 Å². The molecule has 5 heteroatoms. The molecule has 0 aromatic heterocycles. The Morgan fingerprint density at radius 3 is 2.62 bits per heavy atom. The number of amides is 2. The molecule has 1 aromatic rings. The number of likely N-dealkylation sites (N-methyl/N-ethyl adjacent to an activating group) is 2. The topological polar surface area (TPSA) is 52.7 Å². The Kier molecular flexibility index (Phi) is 5.33. The summed E-state index contributed by atoms with van der Waals surface area (Å²) in [5.74, 6) is 0.0962. The molecule has 0 saturated carbocycles. The summed E-state index contributed by atoms with van der Waals surface area (Å²) in [4.78, 5) is 28.0. The number of piperazine rings is 1. The molecule has 0 aliphatic carbocycles. The molecule has 5 nitrogen and oxygen atoms in total. The molecule has 0 spiro atoms. The van der Waals surface area contributed by atoms with E-state index in [1.54, 1.807) is 7.05 Å². The number of benzene rings is 1. The van der Waals surface area contributed by atoms with Crippen LogP contribution in [-0.4, -0.2) is 61.4 Å². The highest BCUT2D eigenvalue weighted by atomic mass is 16.2. The first-order valence-electron chi connectivity index (χ1n) is 7.35. The first kappa shape index (κ1) is 15.5. The van der Waals surface area contributed by atoms with Crippen molar-refractivity contribution in [3.63, 3.8) is 0 Å². The van der Waals surface area contributed by atoms with Crippen LogP contribution in [0.3, 0.4) is 0 Å². The lowest BCUT2D eigenvalue weighted by Gasteiger charge is -2.38. The predicted octanol–water partition coefficient (Wildman–Crippen LogP) is 0.508. The number of carbonyl (C=O) groups excluding carboxylic acids is 2. The Hall–Kier alpha value is -1.88. The van der Waals surface area contributed by atoms with Crippen LogP contribution in [-0.2, 0) is 16.0 Å². The molecule has 0 unspecified atom stereocenters. The van der Waals surface area contributed by atoms with Gasteiger partial charge in [-0.3, -0.25) is 14.5 Å². The Balaban J connectivity index is 1.89. The van der Waals surface area contributed by atoms with E-state index in [1.807, 2.05) is 47.2 Å². The molecule has 21 heavy (non-hydrogen) atoms. The number of hydrogen-bond acceptors (Lipinski definition) is 3. The Morgan fingerprint density at radius 1 is 1.24 bits per heavy atom. The van der Waals surface area contributed by atoms with E-state index in [0.29, 0.717) is 19.5 Å². The Morgan fingerprint density at radius 2 is 1.95 bits per heavy atom. The molecule has 1 fully saturated rings. The van der Waals surface area contributed by atoms with Crippen LogP contribution in [0.2, 0.25) is 0 Å². The summed E-state index contributed by atoms with van der Waals surface area (Å²) in [6.45, 7) is 1.90. The highest BCUT2D eigenvalue weighted by molar-refractivity contribution is 5.83. The second kappa shape index (κ2) is 7.22. The summed E-state index contributed by atoms with van der Waals surface area (Å²) < 4.78 is 0. The van der Waals surface area contributed by atoms with Gasteiger partial charge in [0.15, 0.2) is 0 Å². The molecule has 1 N–H and O–H groups in total. The molecule has 1 atom stereocenters. The minimum atomic E-state index is -0.246. The second-order valence-electron chi connectivity index (χ2n) is 5.44. The van der Waals surface area contributed by atoms with Crippen molar-refractivity contribution < 1.29 is 9.59 Å². The highest BCUT2D eigenvalue weighted by Gasteiger charge is 2.31. The van der Waals surface area contributed by atoms with Crippen LogP contribution >= 0.6 is 0 Å². The van der Waals surface area contributed by atoms with Crippen molar-refractivity contribution in [2.75, 3.05) is 33.7 Å². The van der Waals surface area contributed by atoms with E-state index in [4.69, 9.17) is 0 Å². The largest absolute Gasteiger partial charge is 0.358 e. The minimum absolute atomic E-state index is 0.0296. The van der Waals surface area contributed by atoms with Crippen LogP contribution in [0.15, 0.2) is 30.3 Å². The van der Waals surface area contributed by atoms with E-state index in [1.165, 1.54) is 5.56 Å². The SMILES string of the molecule is CNC(=O)[C@H]1CN(C(=O)CCc2ccccc2)CCN1C. The number of aryl methyl sites for hydroxylation is 1. The van der Waals surface area contributed by atoms with E-state index in [2.05, 4.69) is 5.32 Å². The third kappa shape index (κ3) is 4.04. The average molecular weight is 289 g/mol. The third-order valence-electron chi connectivity index (χ3n) is 4.02. The lowest BCUT2D eigenvalue weighted by atomic mass is 10.1. The summed E-state index contributed by atoms with van der Waals surface area (Å²) in [5.41, 5.74) is 1.17. The van der Waals surface area contributed by atoms with Gasteiger partial charge in [0.25, 0.3) is 0 Å². The number of hydrogen-bond donors (Lipinski definition) is 1. The van der Waals surface area contributed by atoms with Gasteiger partial charge in [0.1, 0.15) is 6.04 Å². The summed E-state index contributed by atoms with van der Waals surface area (Å²) in [6.07, 6.45) is 1.24. The molecule has 0 radical (unpaired) electrons. The maximum atomic E-state index is 12.3. The monoisotopic (exact) mass is 289 g/mol. The van der Waals surface area contributed by atoms with Crippen molar-refractivity contribution in [1.82, 2.24) is 15.1 Å². The van der Waals surface area contributed by atoms with Crippen LogP contribution in [0.25, 0.3) is 0 Å². The third-order valence-corrected chi connectivity index (χ3v) is 4.02. The number of nitrogens with one attached hydrogen (secondary N) is 1. The minimum Gasteiger partial charge on any atom is -0.358 e. The predicted molar refractivity (Wildman–Crippen MR) is 81.8 cm³/mol. The summed E-state index contributed by atoms with van der Waals surface area (Å²) >= 11 is 0. The smallest absolute Gasteiger partial charge is 0.238 e. The van der Waals surface area contributed by atoms with Crippen LogP contribution < -0.4 is 5.32 Å². The van der Waals surface area contributed by atoms with E-state index in [-0.39, 0.29) is 17.9 Å². The van der Waals surface area contributed by atoms with Crippen LogP contribution in [0, 0.1) is 0 Å². The lowest BCUT2D eigenvalue weighted by molar-refractivity contribution is -0.137. The Labute approximate surface area is 125 Å². The second-order valence-corrected chi connectivity index (χ2v) is 5.44. The maximum Gasteiger partial charge on any atom is 0.238 e. The van der Waals surface area contributed by atoms with Crippen molar-refractivity contribution in [3.05, 3.63) is 35.9 Å². The standard InChI is InChI=1S/C16H23N3O2/c1-17-16(21)14-12-19(11-10-18(14)2)15(20)9-8-13-6-4-3-5-7-13/h3-7,14H,8-12H2,1-2H3,(H,17,21)/t14-/m1/s1. The van der Waals surface area contributed by atoms with Gasteiger partial charge in [0.2, 0.25) is 11.8 Å². The zero-order valence-corrected chi connectivity index (χ0v) is 12.7. The zero-order valence-electron chi connectivity index (χ0n) is 12.7. The maximum absolute atomic E-state index is 12.3. The fourth-order valence-corrected chi connectivity index (χ4v) is 2.60. The molecule has 1 saturated heterocycles. The molecule has 2 amide bonds. The van der Waals surface area contributed by atoms with Gasteiger partial charge in [-0.05, 0) is 19.0 Å². The molecule has 2 rings (SSSR count). The number of carbonyl (C=O) groups is 2. The Bertz CT molecular complexity index is 490. The van der Waals surface area contributed by atoms with E-state index < -0.39 is 0 Å². The zero-order chi connectivity index (χ0) is 15.2. The number of rotatable bonds is 4. The molecule has 1 aromatic carbocycles. The van der Waals surface area contributed by atoms with Gasteiger partial charge >= 0.3 is 0 Å². The molecule has 114 valence electrons. The van der Waals surface area contributed by atoms with Gasteiger partial charge in [-0.25, -0.2) is 0 Å². The average Bonchev–Trinajstić information content (AvgIpc) is 2.53. The van der Waals surface area contributed by atoms with Crippen molar-refractivity contribution in [3.8, 4) is 0 Å². The number of nitrogens with zero attached hydrogens (tertiary/aromatic N) is 2. The van der Waals surface area contributed by atoms with E-state index >= 15 is 0 Å². The first-order valence-corrected chi connectivity index (χ1v) is 7.35. The van der Waals surface area contributed by atoms with Crippen LogP contribution in [0.4, 0.5) is 0 Å². The highest BCUT2D eigenvalue weighted by Crippen LogP contribution is 2.11. The summed E-state index contributed by atoms with van der Waals surface area (Å²) in [5, 5.41) is 2.66. The summed E-state index contributed by atoms with van der Waals surface area (Å²) in [6, 6.07) is 9.76. The van der Waals surface area contributed by atoms with Crippen molar-refractivity contribution in [2.45, 2.75) is 18.9 Å². The van der Waals surface area contributed by atoms with Crippen molar-refractivity contribution >= 4 is 11.8 Å². The molecule has 1 aliphatic heterocycles. The quantitative estimate of drug-likeness (QED) is 0.878. The first-order chi connectivity index (χ1) is 10.1. The van der Waals surface area contributed by atoms with Gasteiger partial charge in [-0.2, -0.15) is 0 Å². The summed E-state index contributed by atoms with van der Waals surface area (Å²) in [7, 11) is 3.55. The van der Waals surface area contributed by atoms with E-state index in [9.17, 15) is 9.59 Å². The molecular weight excluding hydrogens is 266 g/mol. The van der Waals surface area contributed by atoms with Gasteiger partial charge in [0, 0.05) is 33.1 Å². The molecule has 1 heterocycles.